The number of nitrogens with zero attached hydrogens (tertiary/aromatic N) is 3. The van der Waals surface area contributed by atoms with Crippen LogP contribution in [-0.4, -0.2) is 14.8 Å². The van der Waals surface area contributed by atoms with Crippen LogP contribution in [0.5, 0.6) is 11.8 Å². The third kappa shape index (κ3) is 2.70. The average Bonchev–Trinajstić information content (AvgIpc) is 2.60. The number of halogens is 2. The van der Waals surface area contributed by atoms with Gasteiger partial charge in [-0.3, -0.25) is 0 Å². The van der Waals surface area contributed by atoms with E-state index >= 15 is 0 Å². The van der Waals surface area contributed by atoms with E-state index in [1.807, 2.05) is 13.0 Å². The molecule has 0 N–H and O–H groups in total. The number of hydrogen-bond acceptors (Lipinski definition) is 3. The Hall–Kier alpha value is -1.26. The molecule has 0 fully saturated rings. The summed E-state index contributed by atoms with van der Waals surface area (Å²) in [7, 11) is 1.81. The third-order valence-corrected chi connectivity index (χ3v) is 2.85. The van der Waals surface area contributed by atoms with Crippen molar-refractivity contribution in [2.24, 2.45) is 7.05 Å². The molecule has 2 aromatic rings. The Morgan fingerprint density at radius 3 is 2.76 bits per heavy atom. The lowest BCUT2D eigenvalue weighted by Crippen LogP contribution is -1.97. The van der Waals surface area contributed by atoms with E-state index in [-0.39, 0.29) is 0 Å². The lowest BCUT2D eigenvalue weighted by atomic mass is 10.3. The van der Waals surface area contributed by atoms with Gasteiger partial charge in [-0.15, -0.1) is 11.6 Å². The predicted molar refractivity (Wildman–Crippen MR) is 66.8 cm³/mol. The summed E-state index contributed by atoms with van der Waals surface area (Å²) in [6.07, 6.45) is 1.53. The second-order valence-corrected chi connectivity index (χ2v) is 4.27. The van der Waals surface area contributed by atoms with Gasteiger partial charge in [0.2, 0.25) is 11.8 Å². The number of rotatable bonds is 3. The minimum Gasteiger partial charge on any atom is -0.421 e. The molecule has 0 atom stereocenters. The molecule has 0 spiro atoms. The molecule has 0 bridgehead atoms. The second-order valence-electron chi connectivity index (χ2n) is 3.60. The molecule has 2 aromatic heterocycles. The van der Waals surface area contributed by atoms with Gasteiger partial charge >= 0.3 is 0 Å². The van der Waals surface area contributed by atoms with E-state index in [0.717, 1.165) is 11.3 Å². The maximum Gasteiger partial charge on any atom is 0.221 e. The molecule has 0 saturated carbocycles. The van der Waals surface area contributed by atoms with Crippen LogP contribution in [0.2, 0.25) is 5.02 Å². The van der Waals surface area contributed by atoms with Gasteiger partial charge in [-0.25, -0.2) is 9.67 Å². The molecule has 0 unspecified atom stereocenters. The van der Waals surface area contributed by atoms with Crippen LogP contribution in [0.4, 0.5) is 0 Å². The summed E-state index contributed by atoms with van der Waals surface area (Å²) < 4.78 is 7.24. The SMILES string of the molecule is Cc1cc(Oc2cc(CCl)c(Cl)cn2)n(C)n1. The molecule has 4 nitrogen and oxygen atoms in total. The van der Waals surface area contributed by atoms with Gasteiger partial charge in [0.1, 0.15) is 0 Å². The molecule has 0 radical (unpaired) electrons. The first-order valence-corrected chi connectivity index (χ1v) is 5.90. The maximum atomic E-state index is 5.91. The third-order valence-electron chi connectivity index (χ3n) is 2.22. The highest BCUT2D eigenvalue weighted by Gasteiger charge is 2.08. The molecule has 0 aliphatic rings. The molecule has 0 aromatic carbocycles. The van der Waals surface area contributed by atoms with Crippen LogP contribution in [0.25, 0.3) is 0 Å². The van der Waals surface area contributed by atoms with Crippen molar-refractivity contribution in [3.8, 4) is 11.8 Å². The zero-order chi connectivity index (χ0) is 12.4. The first kappa shape index (κ1) is 12.2. The van der Waals surface area contributed by atoms with Crippen molar-refractivity contribution >= 4 is 23.2 Å². The Morgan fingerprint density at radius 2 is 2.18 bits per heavy atom. The summed E-state index contributed by atoms with van der Waals surface area (Å²) in [5.74, 6) is 1.40. The molecular weight excluding hydrogens is 261 g/mol. The first-order valence-electron chi connectivity index (χ1n) is 4.99. The van der Waals surface area contributed by atoms with Crippen molar-refractivity contribution in [1.29, 1.82) is 0 Å². The molecule has 17 heavy (non-hydrogen) atoms. The van der Waals surface area contributed by atoms with Crippen LogP contribution in [0.15, 0.2) is 18.3 Å². The Labute approximate surface area is 109 Å². The predicted octanol–water partition coefficient (Wildman–Crippen LogP) is 3.31. The number of ether oxygens (including phenoxy) is 1. The molecule has 2 heterocycles. The van der Waals surface area contributed by atoms with Crippen LogP contribution in [0.3, 0.4) is 0 Å². The van der Waals surface area contributed by atoms with E-state index in [0.29, 0.717) is 22.7 Å². The van der Waals surface area contributed by atoms with E-state index in [1.165, 1.54) is 6.20 Å². The van der Waals surface area contributed by atoms with Gasteiger partial charge < -0.3 is 4.74 Å². The quantitative estimate of drug-likeness (QED) is 0.805. The van der Waals surface area contributed by atoms with Gasteiger partial charge in [0, 0.05) is 31.3 Å². The standard InChI is InChI=1S/C11H11Cl2N3O/c1-7-3-11(16(2)15-7)17-10-4-8(5-12)9(13)6-14-10/h3-4,6H,5H2,1-2H3. The summed E-state index contributed by atoms with van der Waals surface area (Å²) in [6, 6.07) is 3.55. The molecule has 0 aliphatic heterocycles. The lowest BCUT2D eigenvalue weighted by molar-refractivity contribution is 0.415. The van der Waals surface area contributed by atoms with Crippen molar-refractivity contribution in [2.45, 2.75) is 12.8 Å². The Balaban J connectivity index is 2.27. The van der Waals surface area contributed by atoms with Crippen LogP contribution in [-0.2, 0) is 12.9 Å². The van der Waals surface area contributed by atoms with E-state index in [2.05, 4.69) is 10.1 Å². The minimum absolute atomic E-state index is 0.322. The maximum absolute atomic E-state index is 5.91. The number of aryl methyl sites for hydroxylation is 2. The van der Waals surface area contributed by atoms with Crippen LogP contribution < -0.4 is 4.74 Å². The highest BCUT2D eigenvalue weighted by atomic mass is 35.5. The summed E-state index contributed by atoms with van der Waals surface area (Å²) in [5, 5.41) is 4.71. The summed E-state index contributed by atoms with van der Waals surface area (Å²) in [6.45, 7) is 1.90. The zero-order valence-corrected chi connectivity index (χ0v) is 11.0. The number of pyridine rings is 1. The smallest absolute Gasteiger partial charge is 0.221 e. The fourth-order valence-electron chi connectivity index (χ4n) is 1.41. The molecular formula is C11H11Cl2N3O. The minimum atomic E-state index is 0.322. The summed E-state index contributed by atoms with van der Waals surface area (Å²) in [4.78, 5) is 4.08. The van der Waals surface area contributed by atoms with Gasteiger partial charge in [0.15, 0.2) is 0 Å². The van der Waals surface area contributed by atoms with Gasteiger partial charge in [-0.1, -0.05) is 11.6 Å². The van der Waals surface area contributed by atoms with Crippen molar-refractivity contribution in [3.05, 3.63) is 34.6 Å². The van der Waals surface area contributed by atoms with E-state index in [9.17, 15) is 0 Å². The summed E-state index contributed by atoms with van der Waals surface area (Å²) >= 11 is 11.7. The molecule has 0 saturated heterocycles. The first-order chi connectivity index (χ1) is 8.10. The number of alkyl halides is 1. The molecule has 6 heteroatoms. The highest BCUT2D eigenvalue weighted by Crippen LogP contribution is 2.24. The highest BCUT2D eigenvalue weighted by molar-refractivity contribution is 6.32. The fourth-order valence-corrected chi connectivity index (χ4v) is 1.87. The van der Waals surface area contributed by atoms with Gasteiger partial charge in [0.25, 0.3) is 0 Å². The Morgan fingerprint density at radius 1 is 1.41 bits per heavy atom. The van der Waals surface area contributed by atoms with Crippen LogP contribution >= 0.6 is 23.2 Å². The van der Waals surface area contributed by atoms with Crippen molar-refractivity contribution in [2.75, 3.05) is 0 Å². The van der Waals surface area contributed by atoms with Crippen molar-refractivity contribution < 1.29 is 4.74 Å². The zero-order valence-electron chi connectivity index (χ0n) is 9.44. The largest absolute Gasteiger partial charge is 0.421 e. The van der Waals surface area contributed by atoms with E-state index in [1.54, 1.807) is 17.8 Å². The van der Waals surface area contributed by atoms with E-state index in [4.69, 9.17) is 27.9 Å². The van der Waals surface area contributed by atoms with Crippen LogP contribution in [0, 0.1) is 6.92 Å². The Bertz CT molecular complexity index is 540. The molecule has 0 aliphatic carbocycles. The van der Waals surface area contributed by atoms with Gasteiger partial charge in [0.05, 0.1) is 10.7 Å². The normalized spacial score (nSPS) is 10.6. The fraction of sp³-hybridized carbons (Fsp3) is 0.273. The van der Waals surface area contributed by atoms with Crippen molar-refractivity contribution in [3.63, 3.8) is 0 Å². The van der Waals surface area contributed by atoms with Gasteiger partial charge in [-0.2, -0.15) is 5.10 Å². The molecule has 0 amide bonds. The second kappa shape index (κ2) is 4.94. The average molecular weight is 272 g/mol. The molecule has 90 valence electrons. The lowest BCUT2D eigenvalue weighted by Gasteiger charge is -2.06. The Kier molecular flexibility index (Phi) is 3.54. The monoisotopic (exact) mass is 271 g/mol. The van der Waals surface area contributed by atoms with E-state index < -0.39 is 0 Å². The van der Waals surface area contributed by atoms with Crippen molar-refractivity contribution in [1.82, 2.24) is 14.8 Å². The molecule has 2 rings (SSSR count). The number of aromatic nitrogens is 3. The number of hydrogen-bond donors (Lipinski definition) is 0. The summed E-state index contributed by atoms with van der Waals surface area (Å²) in [5.41, 5.74) is 1.67. The topological polar surface area (TPSA) is 39.9 Å². The van der Waals surface area contributed by atoms with Gasteiger partial charge in [-0.05, 0) is 12.5 Å². The van der Waals surface area contributed by atoms with Crippen LogP contribution in [0.1, 0.15) is 11.3 Å².